The van der Waals surface area contributed by atoms with E-state index in [-0.39, 0.29) is 5.91 Å². The van der Waals surface area contributed by atoms with Gasteiger partial charge in [-0.2, -0.15) is 0 Å². The topological polar surface area (TPSA) is 29.1 Å². The Morgan fingerprint density at radius 3 is 2.59 bits per heavy atom. The summed E-state index contributed by atoms with van der Waals surface area (Å²) in [5, 5.41) is 3.29. The van der Waals surface area contributed by atoms with Crippen LogP contribution in [0.4, 0.5) is 5.69 Å². The third-order valence-electron chi connectivity index (χ3n) is 2.11. The average molecular weight is 286 g/mol. The summed E-state index contributed by atoms with van der Waals surface area (Å²) in [5.41, 5.74) is 0.627. The first kappa shape index (κ1) is 12.4. The summed E-state index contributed by atoms with van der Waals surface area (Å²) in [6.07, 6.45) is 0.308. The van der Waals surface area contributed by atoms with E-state index in [0.29, 0.717) is 21.5 Å². The molecule has 1 N–H and O–H groups in total. The van der Waals surface area contributed by atoms with E-state index in [0.717, 1.165) is 4.88 Å². The summed E-state index contributed by atoms with van der Waals surface area (Å²) in [4.78, 5) is 12.7. The van der Waals surface area contributed by atoms with Crippen LogP contribution in [-0.2, 0) is 11.2 Å². The highest BCUT2D eigenvalue weighted by Gasteiger charge is 2.07. The summed E-state index contributed by atoms with van der Waals surface area (Å²) in [6.45, 7) is 0. The van der Waals surface area contributed by atoms with Crippen LogP contribution in [0, 0.1) is 0 Å². The van der Waals surface area contributed by atoms with Crippen LogP contribution in [0.5, 0.6) is 0 Å². The molecule has 2 aromatic rings. The van der Waals surface area contributed by atoms with Crippen molar-refractivity contribution in [2.45, 2.75) is 6.42 Å². The summed E-state index contributed by atoms with van der Waals surface area (Å²) >= 11 is 13.1. The number of carbonyl (C=O) groups excluding carboxylic acids is 1. The number of anilines is 1. The standard InChI is InChI=1S/C12H9Cl2NOS/c13-9-3-1-2-4-10(9)15-12(16)7-8-5-6-11(14)17-8/h1-6H,7H2,(H,15,16). The summed E-state index contributed by atoms with van der Waals surface area (Å²) in [5.74, 6) is -0.100. The number of hydrogen-bond acceptors (Lipinski definition) is 2. The van der Waals surface area contributed by atoms with Gasteiger partial charge in [0, 0.05) is 4.88 Å². The first-order valence-corrected chi connectivity index (χ1v) is 6.51. The van der Waals surface area contributed by atoms with Crippen molar-refractivity contribution < 1.29 is 4.79 Å². The predicted molar refractivity (Wildman–Crippen MR) is 73.1 cm³/mol. The maximum Gasteiger partial charge on any atom is 0.229 e. The number of nitrogens with one attached hydrogen (secondary N) is 1. The number of para-hydroxylation sites is 1. The van der Waals surface area contributed by atoms with Crippen LogP contribution in [0.1, 0.15) is 4.88 Å². The smallest absolute Gasteiger partial charge is 0.229 e. The number of carbonyl (C=O) groups is 1. The maximum absolute atomic E-state index is 11.7. The van der Waals surface area contributed by atoms with E-state index in [9.17, 15) is 4.79 Å². The van der Waals surface area contributed by atoms with Gasteiger partial charge < -0.3 is 5.32 Å². The summed E-state index contributed by atoms with van der Waals surface area (Å²) in [7, 11) is 0. The van der Waals surface area contributed by atoms with E-state index in [2.05, 4.69) is 5.32 Å². The highest BCUT2D eigenvalue weighted by molar-refractivity contribution is 7.16. The van der Waals surface area contributed by atoms with E-state index in [4.69, 9.17) is 23.2 Å². The lowest BCUT2D eigenvalue weighted by molar-refractivity contribution is -0.115. The highest BCUT2D eigenvalue weighted by atomic mass is 35.5. The molecule has 0 spiro atoms. The number of halogens is 2. The molecule has 0 bridgehead atoms. The average Bonchev–Trinajstić information content (AvgIpc) is 2.67. The van der Waals surface area contributed by atoms with Gasteiger partial charge in [-0.05, 0) is 24.3 Å². The molecule has 0 saturated heterocycles. The molecule has 0 unspecified atom stereocenters. The fraction of sp³-hybridized carbons (Fsp3) is 0.0833. The van der Waals surface area contributed by atoms with Gasteiger partial charge in [0.2, 0.25) is 5.91 Å². The zero-order valence-electron chi connectivity index (χ0n) is 8.74. The van der Waals surface area contributed by atoms with Crippen molar-refractivity contribution in [3.05, 3.63) is 50.6 Å². The van der Waals surface area contributed by atoms with E-state index in [1.165, 1.54) is 11.3 Å². The molecule has 1 aromatic carbocycles. The van der Waals surface area contributed by atoms with Crippen molar-refractivity contribution in [1.29, 1.82) is 0 Å². The maximum atomic E-state index is 11.7. The SMILES string of the molecule is O=C(Cc1ccc(Cl)s1)Nc1ccccc1Cl. The molecule has 88 valence electrons. The van der Waals surface area contributed by atoms with E-state index < -0.39 is 0 Å². The Morgan fingerprint density at radius 1 is 1.18 bits per heavy atom. The zero-order chi connectivity index (χ0) is 12.3. The number of hydrogen-bond donors (Lipinski definition) is 1. The molecule has 2 nitrogen and oxygen atoms in total. The van der Waals surface area contributed by atoms with Crippen LogP contribution >= 0.6 is 34.5 Å². The second-order valence-electron chi connectivity index (χ2n) is 3.41. The van der Waals surface area contributed by atoms with Crippen molar-refractivity contribution in [1.82, 2.24) is 0 Å². The second-order valence-corrected chi connectivity index (χ2v) is 5.62. The third kappa shape index (κ3) is 3.46. The normalized spacial score (nSPS) is 10.2. The van der Waals surface area contributed by atoms with Crippen molar-refractivity contribution in [2.24, 2.45) is 0 Å². The fourth-order valence-electron chi connectivity index (χ4n) is 1.36. The molecule has 2 rings (SSSR count). The molecule has 5 heteroatoms. The molecule has 1 aromatic heterocycles. The fourth-order valence-corrected chi connectivity index (χ4v) is 2.63. The van der Waals surface area contributed by atoms with Crippen LogP contribution in [0.25, 0.3) is 0 Å². The van der Waals surface area contributed by atoms with Crippen LogP contribution in [0.3, 0.4) is 0 Å². The van der Waals surface area contributed by atoms with Crippen molar-refractivity contribution >= 4 is 46.1 Å². The van der Waals surface area contributed by atoms with Gasteiger partial charge in [0.05, 0.1) is 21.5 Å². The molecule has 1 heterocycles. The van der Waals surface area contributed by atoms with Gasteiger partial charge in [-0.15, -0.1) is 11.3 Å². The molecule has 0 aliphatic carbocycles. The van der Waals surface area contributed by atoms with Crippen LogP contribution < -0.4 is 5.32 Å². The van der Waals surface area contributed by atoms with E-state index in [1.807, 2.05) is 18.2 Å². The predicted octanol–water partition coefficient (Wildman–Crippen LogP) is 4.24. The number of benzene rings is 1. The minimum absolute atomic E-state index is 0.100. The second kappa shape index (κ2) is 5.54. The Labute approximate surface area is 113 Å². The molecule has 0 atom stereocenters. The molecule has 0 saturated carbocycles. The van der Waals surface area contributed by atoms with Gasteiger partial charge in [-0.25, -0.2) is 0 Å². The van der Waals surface area contributed by atoms with Crippen LogP contribution in [-0.4, -0.2) is 5.91 Å². The largest absolute Gasteiger partial charge is 0.324 e. The molecule has 1 amide bonds. The Bertz CT molecular complexity index is 539. The highest BCUT2D eigenvalue weighted by Crippen LogP contribution is 2.23. The van der Waals surface area contributed by atoms with Crippen molar-refractivity contribution in [3.8, 4) is 0 Å². The number of amides is 1. The first-order valence-electron chi connectivity index (χ1n) is 4.94. The van der Waals surface area contributed by atoms with Gasteiger partial charge in [0.25, 0.3) is 0 Å². The monoisotopic (exact) mass is 285 g/mol. The number of thiophene rings is 1. The first-order chi connectivity index (χ1) is 8.15. The van der Waals surface area contributed by atoms with Crippen molar-refractivity contribution in [2.75, 3.05) is 5.32 Å². The zero-order valence-corrected chi connectivity index (χ0v) is 11.1. The minimum Gasteiger partial charge on any atom is -0.324 e. The quantitative estimate of drug-likeness (QED) is 0.898. The lowest BCUT2D eigenvalue weighted by Gasteiger charge is -2.05. The molecule has 0 aliphatic rings. The molecule has 17 heavy (non-hydrogen) atoms. The van der Waals surface area contributed by atoms with Gasteiger partial charge >= 0.3 is 0 Å². The van der Waals surface area contributed by atoms with E-state index >= 15 is 0 Å². The molecule has 0 radical (unpaired) electrons. The lowest BCUT2D eigenvalue weighted by Crippen LogP contribution is -2.13. The van der Waals surface area contributed by atoms with Crippen molar-refractivity contribution in [3.63, 3.8) is 0 Å². The molecular formula is C12H9Cl2NOS. The molecule has 0 fully saturated rings. The third-order valence-corrected chi connectivity index (χ3v) is 3.67. The Kier molecular flexibility index (Phi) is 4.05. The van der Waals surface area contributed by atoms with Gasteiger partial charge in [0.15, 0.2) is 0 Å². The summed E-state index contributed by atoms with van der Waals surface area (Å²) < 4.78 is 0.686. The van der Waals surface area contributed by atoms with Gasteiger partial charge in [-0.3, -0.25) is 4.79 Å². The molecule has 0 aliphatic heterocycles. The molecular weight excluding hydrogens is 277 g/mol. The Hall–Kier alpha value is -1.03. The van der Waals surface area contributed by atoms with E-state index in [1.54, 1.807) is 18.2 Å². The number of rotatable bonds is 3. The van der Waals surface area contributed by atoms with Gasteiger partial charge in [-0.1, -0.05) is 35.3 Å². The minimum atomic E-state index is -0.100. The van der Waals surface area contributed by atoms with Crippen LogP contribution in [0.15, 0.2) is 36.4 Å². The van der Waals surface area contributed by atoms with Crippen LogP contribution in [0.2, 0.25) is 9.36 Å². The Balaban J connectivity index is 2.01. The summed E-state index contributed by atoms with van der Waals surface area (Å²) in [6, 6.07) is 10.8. The van der Waals surface area contributed by atoms with Gasteiger partial charge in [0.1, 0.15) is 0 Å². The Morgan fingerprint density at radius 2 is 1.94 bits per heavy atom. The lowest BCUT2D eigenvalue weighted by atomic mass is 10.3.